The van der Waals surface area contributed by atoms with Gasteiger partial charge >= 0.3 is 0 Å². The summed E-state index contributed by atoms with van der Waals surface area (Å²) in [5, 5.41) is 13.4. The SMILES string of the molecule is COCOc1c(OC)c(C)cc2c1C1C3CC4=C(C(=O)C(OC)=C(C)C4=O)[C@H](CNC(C)=O)N3[C@@H](C#N)[C@@H](C2)N1C. The van der Waals surface area contributed by atoms with Gasteiger partial charge < -0.3 is 24.3 Å². The zero-order valence-corrected chi connectivity index (χ0v) is 24.5. The van der Waals surface area contributed by atoms with Crippen LogP contribution in [-0.4, -0.2) is 93.2 Å². The Morgan fingerprint density at radius 1 is 1.10 bits per heavy atom. The Labute approximate surface area is 239 Å². The van der Waals surface area contributed by atoms with Gasteiger partial charge in [-0.15, -0.1) is 0 Å². The molecule has 5 atom stereocenters. The van der Waals surface area contributed by atoms with Gasteiger partial charge in [0, 0.05) is 54.9 Å². The molecule has 41 heavy (non-hydrogen) atoms. The van der Waals surface area contributed by atoms with E-state index in [9.17, 15) is 19.6 Å². The number of methoxy groups -OCH3 is 3. The van der Waals surface area contributed by atoms with Crippen molar-refractivity contribution in [2.45, 2.75) is 63.8 Å². The van der Waals surface area contributed by atoms with E-state index < -0.39 is 12.1 Å². The number of likely N-dealkylation sites (N-methyl/N-ethyl adjacent to an activating group) is 1. The number of carbonyl (C=O) groups excluding carboxylic acids is 3. The van der Waals surface area contributed by atoms with Gasteiger partial charge in [0.05, 0.1) is 32.4 Å². The Kier molecular flexibility index (Phi) is 7.68. The summed E-state index contributed by atoms with van der Waals surface area (Å²) < 4.78 is 22.6. The van der Waals surface area contributed by atoms with Crippen LogP contribution in [0.1, 0.15) is 43.0 Å². The molecule has 1 saturated heterocycles. The number of Topliss-reactive ketones (excluding diaryl/α,β-unsaturated/α-hetero) is 2. The van der Waals surface area contributed by atoms with Crippen LogP contribution in [0, 0.1) is 18.3 Å². The van der Waals surface area contributed by atoms with Gasteiger partial charge in [0.2, 0.25) is 11.7 Å². The van der Waals surface area contributed by atoms with Gasteiger partial charge in [0.1, 0.15) is 6.04 Å². The Bertz CT molecular complexity index is 1420. The summed E-state index contributed by atoms with van der Waals surface area (Å²) in [5.74, 6) is 0.262. The van der Waals surface area contributed by atoms with Crippen LogP contribution in [-0.2, 0) is 30.3 Å². The number of ketones is 2. The second-order valence-electron chi connectivity index (χ2n) is 11.0. The average molecular weight is 565 g/mol. The fourth-order valence-electron chi connectivity index (χ4n) is 7.29. The molecule has 1 aromatic carbocycles. The number of ether oxygens (including phenoxy) is 4. The summed E-state index contributed by atoms with van der Waals surface area (Å²) in [7, 11) is 6.50. The van der Waals surface area contributed by atoms with Gasteiger partial charge in [0.25, 0.3) is 0 Å². The predicted molar refractivity (Wildman–Crippen MR) is 147 cm³/mol. The van der Waals surface area contributed by atoms with E-state index in [0.717, 1.165) is 16.7 Å². The Balaban J connectivity index is 1.75. The Morgan fingerprint density at radius 2 is 1.83 bits per heavy atom. The van der Waals surface area contributed by atoms with E-state index in [0.29, 0.717) is 29.1 Å². The molecule has 4 aliphatic rings. The molecule has 3 aliphatic heterocycles. The van der Waals surface area contributed by atoms with Gasteiger partial charge in [-0.1, -0.05) is 6.07 Å². The fourth-order valence-corrected chi connectivity index (χ4v) is 7.29. The van der Waals surface area contributed by atoms with Crippen LogP contribution in [0.5, 0.6) is 11.5 Å². The maximum absolute atomic E-state index is 13.8. The van der Waals surface area contributed by atoms with Crippen LogP contribution in [0.25, 0.3) is 0 Å². The number of carbonyl (C=O) groups is 3. The highest BCUT2D eigenvalue weighted by Crippen LogP contribution is 2.54. The van der Waals surface area contributed by atoms with Crippen molar-refractivity contribution in [3.8, 4) is 17.6 Å². The smallest absolute Gasteiger partial charge is 0.226 e. The van der Waals surface area contributed by atoms with Crippen molar-refractivity contribution < 1.29 is 33.3 Å². The maximum atomic E-state index is 13.8. The first-order valence-electron chi connectivity index (χ1n) is 13.6. The molecule has 11 heteroatoms. The third kappa shape index (κ3) is 4.33. The van der Waals surface area contributed by atoms with Crippen molar-refractivity contribution in [3.05, 3.63) is 45.2 Å². The molecule has 0 saturated carbocycles. The molecule has 3 heterocycles. The Hall–Kier alpha value is -3.72. The lowest BCUT2D eigenvalue weighted by atomic mass is 9.69. The number of aryl methyl sites for hydroxylation is 1. The lowest BCUT2D eigenvalue weighted by Crippen LogP contribution is -2.71. The number of fused-ring (bicyclic) bond motifs is 6. The summed E-state index contributed by atoms with van der Waals surface area (Å²) >= 11 is 0. The molecular formula is C30H36N4O7. The number of piperazine rings is 1. The summed E-state index contributed by atoms with van der Waals surface area (Å²) in [5.41, 5.74) is 3.82. The average Bonchev–Trinajstić information content (AvgIpc) is 2.93. The number of amides is 1. The molecule has 5 rings (SSSR count). The van der Waals surface area contributed by atoms with Crippen molar-refractivity contribution in [1.82, 2.24) is 15.1 Å². The van der Waals surface area contributed by atoms with E-state index in [4.69, 9.17) is 18.9 Å². The minimum atomic E-state index is -0.706. The highest BCUT2D eigenvalue weighted by molar-refractivity contribution is 6.25. The first-order valence-corrected chi connectivity index (χ1v) is 13.6. The topological polar surface area (TPSA) is 130 Å². The summed E-state index contributed by atoms with van der Waals surface area (Å²) in [4.78, 5) is 43.9. The minimum absolute atomic E-state index is 0.00339. The van der Waals surface area contributed by atoms with E-state index in [1.807, 2.05) is 18.9 Å². The summed E-state index contributed by atoms with van der Waals surface area (Å²) in [6, 6.07) is 2.37. The number of nitrogens with zero attached hydrogens (tertiary/aromatic N) is 3. The zero-order valence-electron chi connectivity index (χ0n) is 24.5. The van der Waals surface area contributed by atoms with Crippen LogP contribution >= 0.6 is 0 Å². The number of hydrogen-bond acceptors (Lipinski definition) is 10. The second kappa shape index (κ2) is 10.9. The van der Waals surface area contributed by atoms with E-state index in [2.05, 4.69) is 22.4 Å². The number of nitrogens with one attached hydrogen (secondary N) is 1. The molecule has 218 valence electrons. The molecule has 1 aliphatic carbocycles. The van der Waals surface area contributed by atoms with Crippen molar-refractivity contribution in [2.75, 3.05) is 41.7 Å². The van der Waals surface area contributed by atoms with Gasteiger partial charge in [-0.3, -0.25) is 24.2 Å². The van der Waals surface area contributed by atoms with Crippen LogP contribution in [0.4, 0.5) is 0 Å². The van der Waals surface area contributed by atoms with Crippen LogP contribution in [0.15, 0.2) is 28.5 Å². The molecule has 0 spiro atoms. The lowest BCUT2D eigenvalue weighted by Gasteiger charge is -2.60. The first-order chi connectivity index (χ1) is 19.6. The van der Waals surface area contributed by atoms with E-state index >= 15 is 0 Å². The number of hydrogen-bond donors (Lipinski definition) is 1. The van der Waals surface area contributed by atoms with E-state index in [1.165, 1.54) is 14.0 Å². The molecular weight excluding hydrogens is 528 g/mol. The zero-order chi connectivity index (χ0) is 29.7. The quantitative estimate of drug-likeness (QED) is 0.386. The maximum Gasteiger partial charge on any atom is 0.226 e. The molecule has 1 N–H and O–H groups in total. The molecule has 1 fully saturated rings. The van der Waals surface area contributed by atoms with Crippen LogP contribution in [0.2, 0.25) is 0 Å². The van der Waals surface area contributed by atoms with Crippen molar-refractivity contribution in [2.24, 2.45) is 0 Å². The van der Waals surface area contributed by atoms with Crippen LogP contribution < -0.4 is 14.8 Å². The van der Waals surface area contributed by atoms with Gasteiger partial charge in [-0.2, -0.15) is 5.26 Å². The number of rotatable bonds is 7. The largest absolute Gasteiger partial charge is 0.493 e. The predicted octanol–water partition coefficient (Wildman–Crippen LogP) is 1.74. The van der Waals surface area contributed by atoms with Crippen molar-refractivity contribution in [1.29, 1.82) is 5.26 Å². The monoisotopic (exact) mass is 564 g/mol. The van der Waals surface area contributed by atoms with Gasteiger partial charge in [-0.05, 0) is 44.9 Å². The third-order valence-electron chi connectivity index (χ3n) is 8.91. The highest BCUT2D eigenvalue weighted by atomic mass is 16.7. The first kappa shape index (κ1) is 28.8. The minimum Gasteiger partial charge on any atom is -0.493 e. The Morgan fingerprint density at radius 3 is 2.44 bits per heavy atom. The number of benzene rings is 1. The molecule has 1 aromatic rings. The number of allylic oxidation sites excluding steroid dienone is 2. The van der Waals surface area contributed by atoms with Crippen molar-refractivity contribution >= 4 is 17.5 Å². The number of nitriles is 1. The standard InChI is InChI=1S/C30H36N4O7/c1-14-8-17-9-19-21(11-31)34-20(25(33(19)4)23(17)30(28(14)39-6)41-13-38-5)10-18-24(22(34)12-32-16(3)35)27(37)29(40-7)15(2)26(18)36/h8,19-22,25H,9-10,12-13H2,1-7H3,(H,32,35)/t19-,20?,21+,22+,25?/m1/s1. The molecule has 2 bridgehead atoms. The summed E-state index contributed by atoms with van der Waals surface area (Å²) in [6.45, 7) is 5.03. The van der Waals surface area contributed by atoms with E-state index in [-0.39, 0.29) is 66.7 Å². The molecule has 0 radical (unpaired) electrons. The fraction of sp³-hybridized carbons (Fsp3) is 0.533. The van der Waals surface area contributed by atoms with Crippen molar-refractivity contribution in [3.63, 3.8) is 0 Å². The summed E-state index contributed by atoms with van der Waals surface area (Å²) in [6.07, 6.45) is 0.802. The van der Waals surface area contributed by atoms with Crippen LogP contribution in [0.3, 0.4) is 0 Å². The normalized spacial score (nSPS) is 27.5. The second-order valence-corrected chi connectivity index (χ2v) is 11.0. The van der Waals surface area contributed by atoms with Gasteiger partial charge in [0.15, 0.2) is 29.8 Å². The molecule has 0 aromatic heterocycles. The third-order valence-corrected chi connectivity index (χ3v) is 8.91. The molecule has 1 amide bonds. The lowest BCUT2D eigenvalue weighted by molar-refractivity contribution is -0.124. The van der Waals surface area contributed by atoms with E-state index in [1.54, 1.807) is 21.1 Å². The highest BCUT2D eigenvalue weighted by Gasteiger charge is 2.58. The van der Waals surface area contributed by atoms with Gasteiger partial charge in [-0.25, -0.2) is 0 Å². The molecule has 11 nitrogen and oxygen atoms in total. The molecule has 2 unspecified atom stereocenters.